The lowest BCUT2D eigenvalue weighted by molar-refractivity contribution is -0.137. The van der Waals surface area contributed by atoms with Crippen molar-refractivity contribution in [3.8, 4) is 44.5 Å². The Balaban J connectivity index is 1.10. The molecule has 0 atom stereocenters. The van der Waals surface area contributed by atoms with E-state index in [9.17, 15) is 0 Å². The number of rotatable bonds is 4. The summed E-state index contributed by atoms with van der Waals surface area (Å²) in [5, 5.41) is 14.9. The van der Waals surface area contributed by atoms with Gasteiger partial charge in [-0.1, -0.05) is 158 Å². The van der Waals surface area contributed by atoms with Gasteiger partial charge in [-0.2, -0.15) is 13.2 Å². The van der Waals surface area contributed by atoms with E-state index in [1.807, 2.05) is 66.7 Å². The van der Waals surface area contributed by atoms with Gasteiger partial charge in [0.25, 0.3) is 0 Å². The van der Waals surface area contributed by atoms with E-state index < -0.39 is 11.7 Å². The first kappa shape index (κ1) is 37.0. The molecule has 0 nitrogen and oxygen atoms in total. The fourth-order valence-electron chi connectivity index (χ4n) is 10.2. The second-order valence-electron chi connectivity index (χ2n) is 16.8. The summed E-state index contributed by atoms with van der Waals surface area (Å²) < 4.78 is 45.1. The lowest BCUT2D eigenvalue weighted by atomic mass is 9.85. The third-order valence-corrected chi connectivity index (χ3v) is 13.0. The predicted molar refractivity (Wildman–Crippen MR) is 260 cm³/mol. The molecule has 0 heterocycles. The van der Waals surface area contributed by atoms with Gasteiger partial charge in [-0.05, 0) is 181 Å². The van der Waals surface area contributed by atoms with Crippen molar-refractivity contribution < 1.29 is 13.2 Å². The van der Waals surface area contributed by atoms with Crippen LogP contribution in [0.4, 0.5) is 13.2 Å². The summed E-state index contributed by atoms with van der Waals surface area (Å²) in [5.41, 5.74) is 7.61. The molecule has 0 aliphatic carbocycles. The minimum atomic E-state index is -4.56. The normalized spacial score (nSPS) is 12.1. The zero-order valence-electron chi connectivity index (χ0n) is 34.3. The largest absolute Gasteiger partial charge is 0.416 e. The standard InChI is InChI=1S/C60H37F3/c1-36-26-39(54-32-37-14-2-4-16-44(37)46-18-6-8-20-48(46)54)28-40(27-36)56-34-58-53-25-13-11-23-51(53)57(35-59(58)52-24-12-10-22-50(52)56)42-29-41(30-43(31-42)60(61,62)63)55-33-38-15-3-5-17-45(38)47-19-7-9-21-49(47)55/h2-35H,1H3. The van der Waals surface area contributed by atoms with E-state index in [0.29, 0.717) is 11.1 Å². The quantitative estimate of drug-likeness (QED) is 0.155. The van der Waals surface area contributed by atoms with E-state index in [1.165, 1.54) is 39.2 Å². The summed E-state index contributed by atoms with van der Waals surface area (Å²) >= 11 is 0. The van der Waals surface area contributed by atoms with Crippen molar-refractivity contribution in [2.24, 2.45) is 0 Å². The van der Waals surface area contributed by atoms with Crippen LogP contribution in [0.3, 0.4) is 0 Å². The van der Waals surface area contributed by atoms with Crippen LogP contribution in [0, 0.1) is 6.92 Å². The van der Waals surface area contributed by atoms with Crippen molar-refractivity contribution in [1.82, 2.24) is 0 Å². The predicted octanol–water partition coefficient (Wildman–Crippen LogP) is 17.8. The van der Waals surface area contributed by atoms with Crippen molar-refractivity contribution in [2.75, 3.05) is 0 Å². The molecule has 0 aromatic heterocycles. The zero-order valence-corrected chi connectivity index (χ0v) is 34.3. The number of halogens is 3. The first-order valence-electron chi connectivity index (χ1n) is 21.3. The highest BCUT2D eigenvalue weighted by Crippen LogP contribution is 2.46. The number of alkyl halides is 3. The van der Waals surface area contributed by atoms with Gasteiger partial charge in [0, 0.05) is 0 Å². The Hall–Kier alpha value is -7.75. The average molecular weight is 815 g/mol. The molecule has 63 heavy (non-hydrogen) atoms. The van der Waals surface area contributed by atoms with E-state index in [4.69, 9.17) is 0 Å². The van der Waals surface area contributed by atoms with Crippen LogP contribution in [0.2, 0.25) is 0 Å². The van der Waals surface area contributed by atoms with Crippen LogP contribution in [0.1, 0.15) is 11.1 Å². The third kappa shape index (κ3) is 6.07. The molecule has 0 unspecified atom stereocenters. The van der Waals surface area contributed by atoms with Crippen molar-refractivity contribution in [2.45, 2.75) is 13.1 Å². The minimum Gasteiger partial charge on any atom is -0.166 e. The van der Waals surface area contributed by atoms with Crippen LogP contribution in [-0.2, 0) is 6.18 Å². The van der Waals surface area contributed by atoms with Crippen molar-refractivity contribution in [1.29, 1.82) is 0 Å². The van der Waals surface area contributed by atoms with Crippen LogP contribution in [0.5, 0.6) is 0 Å². The molecule has 0 amide bonds. The van der Waals surface area contributed by atoms with E-state index >= 15 is 13.2 Å². The number of benzene rings is 12. The number of fused-ring (bicyclic) bond motifs is 11. The van der Waals surface area contributed by atoms with Gasteiger partial charge in [-0.15, -0.1) is 0 Å². The van der Waals surface area contributed by atoms with E-state index in [1.54, 1.807) is 0 Å². The minimum absolute atomic E-state index is 0.522. The Morgan fingerprint density at radius 3 is 0.921 bits per heavy atom. The molecule has 0 bridgehead atoms. The molecule has 0 saturated carbocycles. The molecular weight excluding hydrogens is 778 g/mol. The molecule has 12 aromatic carbocycles. The van der Waals surface area contributed by atoms with Gasteiger partial charge in [0.2, 0.25) is 0 Å². The van der Waals surface area contributed by atoms with Crippen LogP contribution in [-0.4, -0.2) is 0 Å². The third-order valence-electron chi connectivity index (χ3n) is 13.0. The average Bonchev–Trinajstić information content (AvgIpc) is 3.32. The van der Waals surface area contributed by atoms with Crippen LogP contribution in [0.15, 0.2) is 206 Å². The van der Waals surface area contributed by atoms with Gasteiger partial charge in [0.05, 0.1) is 5.56 Å². The van der Waals surface area contributed by atoms with Crippen LogP contribution >= 0.6 is 0 Å². The van der Waals surface area contributed by atoms with Crippen LogP contribution in [0.25, 0.3) is 120 Å². The molecule has 12 rings (SSSR count). The maximum absolute atomic E-state index is 15.0. The lowest BCUT2D eigenvalue weighted by Crippen LogP contribution is -2.05. The first-order chi connectivity index (χ1) is 30.8. The summed E-state index contributed by atoms with van der Waals surface area (Å²) in [6.07, 6.45) is -4.56. The van der Waals surface area contributed by atoms with E-state index in [0.717, 1.165) is 87.2 Å². The molecule has 0 N–H and O–H groups in total. The molecule has 12 aromatic rings. The highest BCUT2D eigenvalue weighted by atomic mass is 19.4. The molecule has 0 radical (unpaired) electrons. The smallest absolute Gasteiger partial charge is 0.166 e. The number of aryl methyl sites for hydroxylation is 1. The molecule has 0 spiro atoms. The summed E-state index contributed by atoms with van der Waals surface area (Å²) in [7, 11) is 0. The van der Waals surface area contributed by atoms with Gasteiger partial charge < -0.3 is 0 Å². The van der Waals surface area contributed by atoms with Gasteiger partial charge in [0.15, 0.2) is 0 Å². The highest BCUT2D eigenvalue weighted by molar-refractivity contribution is 6.24. The summed E-state index contributed by atoms with van der Waals surface area (Å²) in [5.74, 6) is 0. The van der Waals surface area contributed by atoms with Gasteiger partial charge >= 0.3 is 6.18 Å². The summed E-state index contributed by atoms with van der Waals surface area (Å²) in [4.78, 5) is 0. The molecule has 0 aliphatic rings. The van der Waals surface area contributed by atoms with E-state index in [2.05, 4.69) is 134 Å². The van der Waals surface area contributed by atoms with Crippen molar-refractivity contribution in [3.05, 3.63) is 217 Å². The Kier molecular flexibility index (Phi) is 8.32. The Labute approximate surface area is 362 Å². The number of hydrogen-bond acceptors (Lipinski definition) is 0. The zero-order chi connectivity index (χ0) is 42.4. The fourth-order valence-corrected chi connectivity index (χ4v) is 10.2. The second-order valence-corrected chi connectivity index (χ2v) is 16.8. The SMILES string of the molecule is Cc1cc(-c2cc3ccccc3c3ccccc23)cc(-c2cc3c4ccccc4c(-c4cc(-c5cc6ccccc6c6ccccc56)cc(C(F)(F)F)c4)cc3c3ccccc23)c1. The van der Waals surface area contributed by atoms with Gasteiger partial charge in [-0.3, -0.25) is 0 Å². The monoisotopic (exact) mass is 814 g/mol. The molecule has 3 heteroatoms. The highest BCUT2D eigenvalue weighted by Gasteiger charge is 2.32. The second kappa shape index (κ2) is 14.2. The first-order valence-corrected chi connectivity index (χ1v) is 21.3. The van der Waals surface area contributed by atoms with Crippen LogP contribution < -0.4 is 0 Å². The Bertz CT molecular complexity index is 3850. The van der Waals surface area contributed by atoms with Gasteiger partial charge in [0.1, 0.15) is 0 Å². The molecular formula is C60H37F3. The maximum Gasteiger partial charge on any atom is 0.416 e. The topological polar surface area (TPSA) is 0 Å². The summed E-state index contributed by atoms with van der Waals surface area (Å²) in [6.45, 7) is 2.16. The van der Waals surface area contributed by atoms with Gasteiger partial charge in [-0.25, -0.2) is 0 Å². The molecule has 0 saturated heterocycles. The van der Waals surface area contributed by atoms with Crippen molar-refractivity contribution in [3.63, 3.8) is 0 Å². The molecule has 0 fully saturated rings. The maximum atomic E-state index is 15.0. The summed E-state index contributed by atoms with van der Waals surface area (Å²) in [6, 6.07) is 70.0. The Morgan fingerprint density at radius 2 is 0.556 bits per heavy atom. The molecule has 0 aliphatic heterocycles. The fraction of sp³-hybridized carbons (Fsp3) is 0.0333. The lowest BCUT2D eigenvalue weighted by Gasteiger charge is -2.19. The van der Waals surface area contributed by atoms with Crippen molar-refractivity contribution >= 4 is 75.4 Å². The molecule has 298 valence electrons. The van der Waals surface area contributed by atoms with E-state index in [-0.39, 0.29) is 0 Å². The number of hydrogen-bond donors (Lipinski definition) is 0. The Morgan fingerprint density at radius 1 is 0.270 bits per heavy atom.